The van der Waals surface area contributed by atoms with Crippen LogP contribution in [0.25, 0.3) is 0 Å². The summed E-state index contributed by atoms with van der Waals surface area (Å²) < 4.78 is 12.8. The molecule has 0 bridgehead atoms. The molecular formula is C29H44Br2N2O6. The Morgan fingerprint density at radius 3 is 1.67 bits per heavy atom. The second kappa shape index (κ2) is 19.9. The molecule has 0 amide bonds. The maximum absolute atomic E-state index is 12.9. The number of unbranched alkanes of at least 4 members (excludes halogenated alkanes) is 7. The number of allylic oxidation sites excluding steroid dienone is 2. The molecule has 0 radical (unpaired) electrons. The number of quaternary nitrogens is 1. The Labute approximate surface area is 253 Å². The molecule has 1 aromatic rings. The number of esters is 2. The van der Waals surface area contributed by atoms with Gasteiger partial charge >= 0.3 is 17.9 Å². The Morgan fingerprint density at radius 2 is 1.23 bits per heavy atom. The number of aryl methyl sites for hydroxylation is 1. The summed E-state index contributed by atoms with van der Waals surface area (Å²) in [6.07, 6.45) is 12.9. The lowest BCUT2D eigenvalue weighted by atomic mass is 9.80. The zero-order valence-corrected chi connectivity index (χ0v) is 26.8. The van der Waals surface area contributed by atoms with Crippen molar-refractivity contribution in [3.63, 3.8) is 0 Å². The van der Waals surface area contributed by atoms with Crippen molar-refractivity contribution in [3.05, 3.63) is 52.6 Å². The van der Waals surface area contributed by atoms with Crippen LogP contribution >= 0.6 is 0 Å². The van der Waals surface area contributed by atoms with Crippen molar-refractivity contribution in [2.75, 3.05) is 13.2 Å². The van der Waals surface area contributed by atoms with Crippen LogP contribution in [0.3, 0.4) is 0 Å². The third-order valence-corrected chi connectivity index (χ3v) is 6.66. The Bertz CT molecular complexity index is 952. The summed E-state index contributed by atoms with van der Waals surface area (Å²) in [4.78, 5) is 36.4. The van der Waals surface area contributed by atoms with E-state index in [1.165, 1.54) is 12.8 Å². The van der Waals surface area contributed by atoms with Crippen molar-refractivity contribution >= 4 is 17.9 Å². The fourth-order valence-corrected chi connectivity index (χ4v) is 4.83. The number of nitrogens with zero attached hydrogens (tertiary/aromatic N) is 1. The molecule has 1 aliphatic heterocycles. The number of ether oxygens (including phenoxy) is 2. The van der Waals surface area contributed by atoms with Crippen LogP contribution in [0.4, 0.5) is 0 Å². The maximum Gasteiger partial charge on any atom is 0.340 e. The first-order valence-corrected chi connectivity index (χ1v) is 13.6. The predicted octanol–water partition coefficient (Wildman–Crippen LogP) is -2.09. The van der Waals surface area contributed by atoms with E-state index in [1.54, 1.807) is 13.8 Å². The second-order valence-electron chi connectivity index (χ2n) is 9.55. The van der Waals surface area contributed by atoms with Crippen LogP contribution < -0.4 is 43.8 Å². The molecule has 0 saturated heterocycles. The minimum Gasteiger partial charge on any atom is -1.00 e. The van der Waals surface area contributed by atoms with E-state index in [0.29, 0.717) is 11.1 Å². The summed E-state index contributed by atoms with van der Waals surface area (Å²) in [5.74, 6) is -2.06. The van der Waals surface area contributed by atoms with Crippen LogP contribution in [-0.2, 0) is 30.4 Å². The zero-order valence-electron chi connectivity index (χ0n) is 23.6. The van der Waals surface area contributed by atoms with Gasteiger partial charge in [-0.15, -0.1) is 0 Å². The van der Waals surface area contributed by atoms with Gasteiger partial charge in [-0.2, -0.15) is 0 Å². The van der Waals surface area contributed by atoms with Gasteiger partial charge in [-0.1, -0.05) is 32.1 Å². The van der Waals surface area contributed by atoms with E-state index in [0.717, 1.165) is 62.0 Å². The fraction of sp³-hybridized carbons (Fsp3) is 0.586. The highest BCUT2D eigenvalue weighted by atomic mass is 79.9. The summed E-state index contributed by atoms with van der Waals surface area (Å²) in [5.41, 5.74) is 3.42. The number of pyridine rings is 1. The molecular weight excluding hydrogens is 632 g/mol. The van der Waals surface area contributed by atoms with Gasteiger partial charge in [0.2, 0.25) is 0 Å². The van der Waals surface area contributed by atoms with Crippen molar-refractivity contribution < 1.29 is 72.8 Å². The third kappa shape index (κ3) is 11.9. The molecule has 0 aromatic carbocycles. The average molecular weight is 676 g/mol. The van der Waals surface area contributed by atoms with Crippen molar-refractivity contribution in [2.45, 2.75) is 97.9 Å². The summed E-state index contributed by atoms with van der Waals surface area (Å²) in [5, 5.41) is 10.5. The first kappa shape index (κ1) is 37.0. The van der Waals surface area contributed by atoms with E-state index >= 15 is 0 Å². The number of halogens is 2. The number of aliphatic carboxylic acids is 1. The van der Waals surface area contributed by atoms with E-state index in [2.05, 4.69) is 4.57 Å². The molecule has 8 nitrogen and oxygen atoms in total. The standard InChI is InChI=1S/C29H42N2O6.2BrH/c1-5-36-28(34)25-21(3)30-22(4)26(29(35)37-6-2)27(25)23-16-19-31(20-17-23)18-14-12-10-8-7-9-11-13-15-24(32)33;;/h16-17,19-20,27H,5-15,18H2,1-4H3,(H-,30,32,33,34,35);2*1H. The number of carboxylic acid groups (broad SMARTS) is 1. The van der Waals surface area contributed by atoms with Gasteiger partial charge in [-0.25, -0.2) is 14.2 Å². The lowest BCUT2D eigenvalue weighted by Gasteiger charge is -2.26. The molecule has 2 heterocycles. The first-order valence-electron chi connectivity index (χ1n) is 13.6. The molecule has 0 unspecified atom stereocenters. The SMILES string of the molecule is CCOC(=O)C1=C(C)[NH2+]C(C)=C(C(=O)OCC)C1c1cc[n+](CCCCCCCCCCC(=O)O)cc1.[Br-].[Br-]. The minimum absolute atomic E-state index is 0. The van der Waals surface area contributed by atoms with E-state index < -0.39 is 23.8 Å². The van der Waals surface area contributed by atoms with E-state index in [-0.39, 0.29) is 53.6 Å². The molecule has 1 aliphatic rings. The first-order chi connectivity index (χ1) is 17.8. The lowest BCUT2D eigenvalue weighted by molar-refractivity contribution is -0.697. The van der Waals surface area contributed by atoms with Crippen LogP contribution in [0.1, 0.15) is 97.0 Å². The quantitative estimate of drug-likeness (QED) is 0.118. The number of hydrogen-bond donors (Lipinski definition) is 2. The molecule has 0 saturated carbocycles. The Morgan fingerprint density at radius 1 is 0.795 bits per heavy atom. The van der Waals surface area contributed by atoms with Crippen molar-refractivity contribution in [2.24, 2.45) is 0 Å². The highest BCUT2D eigenvalue weighted by Gasteiger charge is 2.41. The summed E-state index contributed by atoms with van der Waals surface area (Å²) in [7, 11) is 0. The van der Waals surface area contributed by atoms with Crippen LogP contribution in [0.15, 0.2) is 47.1 Å². The highest BCUT2D eigenvalue weighted by molar-refractivity contribution is 5.99. The van der Waals surface area contributed by atoms with Crippen molar-refractivity contribution in [1.29, 1.82) is 0 Å². The number of carbonyl (C=O) groups excluding carboxylic acids is 2. The molecule has 39 heavy (non-hydrogen) atoms. The van der Waals surface area contributed by atoms with Gasteiger partial charge in [0.1, 0.15) is 29.1 Å². The lowest BCUT2D eigenvalue weighted by Crippen LogP contribution is -3.00. The number of nitrogens with two attached hydrogens (primary N) is 1. The normalized spacial score (nSPS) is 13.4. The topological polar surface area (TPSA) is 110 Å². The smallest absolute Gasteiger partial charge is 0.340 e. The number of carboxylic acids is 1. The van der Waals surface area contributed by atoms with Gasteiger partial charge < -0.3 is 48.5 Å². The average Bonchev–Trinajstić information content (AvgIpc) is 2.85. The number of carbonyl (C=O) groups is 3. The van der Waals surface area contributed by atoms with Gasteiger partial charge in [0.05, 0.1) is 19.1 Å². The van der Waals surface area contributed by atoms with Gasteiger partial charge in [-0.05, 0) is 32.3 Å². The zero-order chi connectivity index (χ0) is 27.2. The monoisotopic (exact) mass is 674 g/mol. The minimum atomic E-state index is -0.709. The molecule has 0 aliphatic carbocycles. The van der Waals surface area contributed by atoms with Crippen LogP contribution in [0, 0.1) is 0 Å². The second-order valence-corrected chi connectivity index (χ2v) is 9.55. The Kier molecular flexibility index (Phi) is 18.9. The molecule has 3 N–H and O–H groups in total. The molecule has 10 heteroatoms. The number of rotatable bonds is 16. The van der Waals surface area contributed by atoms with E-state index in [9.17, 15) is 14.4 Å². The Balaban J connectivity index is 0.00000722. The molecule has 0 atom stereocenters. The molecule has 0 fully saturated rings. The van der Waals surface area contributed by atoms with E-state index in [4.69, 9.17) is 14.6 Å². The Hall–Kier alpha value is -2.04. The van der Waals surface area contributed by atoms with Crippen molar-refractivity contribution in [3.8, 4) is 0 Å². The van der Waals surface area contributed by atoms with Gasteiger partial charge in [-0.3, -0.25) is 10.1 Å². The predicted molar refractivity (Wildman–Crippen MR) is 139 cm³/mol. The molecule has 2 rings (SSSR count). The fourth-order valence-electron chi connectivity index (χ4n) is 4.83. The third-order valence-electron chi connectivity index (χ3n) is 6.66. The number of hydrogen-bond acceptors (Lipinski definition) is 5. The molecule has 1 aromatic heterocycles. The van der Waals surface area contributed by atoms with Gasteiger partial charge in [0.15, 0.2) is 12.4 Å². The summed E-state index contributed by atoms with van der Waals surface area (Å²) in [6.45, 7) is 8.73. The molecule has 220 valence electrons. The van der Waals surface area contributed by atoms with Gasteiger partial charge in [0.25, 0.3) is 0 Å². The maximum atomic E-state index is 12.9. The van der Waals surface area contributed by atoms with E-state index in [1.807, 2.05) is 43.7 Å². The van der Waals surface area contributed by atoms with Crippen LogP contribution in [0.5, 0.6) is 0 Å². The highest BCUT2D eigenvalue weighted by Crippen LogP contribution is 2.36. The largest absolute Gasteiger partial charge is 1.00 e. The summed E-state index contributed by atoms with van der Waals surface area (Å²) in [6, 6.07) is 3.96. The van der Waals surface area contributed by atoms with Gasteiger partial charge in [0, 0.05) is 38.8 Å². The van der Waals surface area contributed by atoms with Crippen molar-refractivity contribution in [1.82, 2.24) is 0 Å². The van der Waals surface area contributed by atoms with Crippen LogP contribution in [-0.4, -0.2) is 36.2 Å². The summed E-state index contributed by atoms with van der Waals surface area (Å²) >= 11 is 0. The molecule has 0 spiro atoms. The number of aromatic nitrogens is 1. The van der Waals surface area contributed by atoms with Crippen LogP contribution in [0.2, 0.25) is 0 Å².